The van der Waals surface area contributed by atoms with Crippen molar-refractivity contribution in [1.82, 2.24) is 0 Å². The molecule has 0 aliphatic carbocycles. The molecule has 3 N–H and O–H groups in total. The molecule has 0 aliphatic rings. The topological polar surface area (TPSA) is 95.9 Å². The fourth-order valence-electron chi connectivity index (χ4n) is 2.58. The van der Waals surface area contributed by atoms with Crippen molar-refractivity contribution in [3.63, 3.8) is 0 Å². The quantitative estimate of drug-likeness (QED) is 0.502. The van der Waals surface area contributed by atoms with E-state index in [4.69, 9.17) is 11.6 Å². The molecule has 6 nitrogen and oxygen atoms in total. The standard InChI is InChI=1S/C19H20ClNO5/c1-26-19(25)17-13(18(20)15(23)11-14(17)22)9-5-6-10-16(24)21-12-7-3-2-4-8-12/h2-4,7-8,11,22-23H,5-6,9-10H2,1H3,(H,21,24). The first-order valence-corrected chi connectivity index (χ1v) is 8.48. The fraction of sp³-hybridized carbons (Fsp3) is 0.263. The summed E-state index contributed by atoms with van der Waals surface area (Å²) >= 11 is 6.07. The molecular formula is C19H20ClNO5. The van der Waals surface area contributed by atoms with Gasteiger partial charge in [0.05, 0.1) is 12.1 Å². The third kappa shape index (κ3) is 4.89. The summed E-state index contributed by atoms with van der Waals surface area (Å²) in [6.45, 7) is 0. The Bertz CT molecular complexity index is 792. The van der Waals surface area contributed by atoms with Gasteiger partial charge in [-0.2, -0.15) is 0 Å². The van der Waals surface area contributed by atoms with Crippen molar-refractivity contribution in [1.29, 1.82) is 0 Å². The summed E-state index contributed by atoms with van der Waals surface area (Å²) in [6, 6.07) is 10.1. The van der Waals surface area contributed by atoms with Gasteiger partial charge in [-0.25, -0.2) is 4.79 Å². The van der Waals surface area contributed by atoms with Crippen LogP contribution in [0.2, 0.25) is 5.02 Å². The van der Waals surface area contributed by atoms with E-state index >= 15 is 0 Å². The van der Waals surface area contributed by atoms with Gasteiger partial charge in [0.1, 0.15) is 17.1 Å². The number of ether oxygens (including phenoxy) is 1. The number of hydrogen-bond donors (Lipinski definition) is 3. The van der Waals surface area contributed by atoms with Crippen LogP contribution >= 0.6 is 11.6 Å². The lowest BCUT2D eigenvalue weighted by molar-refractivity contribution is -0.116. The van der Waals surface area contributed by atoms with Gasteiger partial charge in [-0.15, -0.1) is 0 Å². The Balaban J connectivity index is 1.97. The number of amides is 1. The Labute approximate surface area is 156 Å². The van der Waals surface area contributed by atoms with Crippen molar-refractivity contribution in [2.75, 3.05) is 12.4 Å². The maximum atomic E-state index is 11.9. The van der Waals surface area contributed by atoms with Crippen LogP contribution in [0.3, 0.4) is 0 Å². The van der Waals surface area contributed by atoms with E-state index in [1.807, 2.05) is 18.2 Å². The first-order valence-electron chi connectivity index (χ1n) is 8.10. The maximum Gasteiger partial charge on any atom is 0.341 e. The van der Waals surface area contributed by atoms with Crippen LogP contribution in [0.15, 0.2) is 36.4 Å². The second-order valence-corrected chi connectivity index (χ2v) is 6.07. The van der Waals surface area contributed by atoms with Crippen LogP contribution in [-0.4, -0.2) is 29.2 Å². The molecule has 0 aromatic heterocycles. The molecule has 0 unspecified atom stereocenters. The zero-order valence-electron chi connectivity index (χ0n) is 14.3. The van der Waals surface area contributed by atoms with E-state index < -0.39 is 11.7 Å². The number of phenolic OH excluding ortho intramolecular Hbond substituents is 2. The molecule has 26 heavy (non-hydrogen) atoms. The first kappa shape index (κ1) is 19.6. The van der Waals surface area contributed by atoms with E-state index in [1.54, 1.807) is 12.1 Å². The van der Waals surface area contributed by atoms with E-state index in [0.717, 1.165) is 11.8 Å². The second-order valence-electron chi connectivity index (χ2n) is 5.70. The van der Waals surface area contributed by atoms with Gasteiger partial charge in [-0.1, -0.05) is 29.8 Å². The van der Waals surface area contributed by atoms with Gasteiger partial charge < -0.3 is 20.3 Å². The van der Waals surface area contributed by atoms with Gasteiger partial charge >= 0.3 is 5.97 Å². The van der Waals surface area contributed by atoms with Crippen molar-refractivity contribution < 1.29 is 24.5 Å². The molecule has 0 atom stereocenters. The Kier molecular flexibility index (Phi) is 6.86. The number of aromatic hydroxyl groups is 2. The molecular weight excluding hydrogens is 358 g/mol. The molecule has 138 valence electrons. The molecule has 0 saturated heterocycles. The molecule has 2 aromatic rings. The number of methoxy groups -OCH3 is 1. The number of halogens is 1. The molecule has 0 heterocycles. The number of phenols is 2. The lowest BCUT2D eigenvalue weighted by atomic mass is 9.99. The minimum Gasteiger partial charge on any atom is -0.507 e. The summed E-state index contributed by atoms with van der Waals surface area (Å²) < 4.78 is 4.66. The number of benzene rings is 2. The van der Waals surface area contributed by atoms with Crippen LogP contribution in [-0.2, 0) is 16.0 Å². The molecule has 0 fully saturated rings. The molecule has 0 radical (unpaired) electrons. The van der Waals surface area contributed by atoms with Gasteiger partial charge in [-0.05, 0) is 37.0 Å². The summed E-state index contributed by atoms with van der Waals surface area (Å²) in [4.78, 5) is 23.8. The number of nitrogens with one attached hydrogen (secondary N) is 1. The van der Waals surface area contributed by atoms with Crippen LogP contribution in [0.4, 0.5) is 5.69 Å². The van der Waals surface area contributed by atoms with E-state index in [1.165, 1.54) is 7.11 Å². The van der Waals surface area contributed by atoms with Crippen LogP contribution in [0, 0.1) is 0 Å². The normalized spacial score (nSPS) is 10.4. The van der Waals surface area contributed by atoms with Gasteiger partial charge in [0, 0.05) is 18.2 Å². The van der Waals surface area contributed by atoms with Gasteiger partial charge in [0.25, 0.3) is 0 Å². The number of unbranched alkanes of at least 4 members (excludes halogenated alkanes) is 1. The highest BCUT2D eigenvalue weighted by Crippen LogP contribution is 2.37. The van der Waals surface area contributed by atoms with Crippen LogP contribution in [0.25, 0.3) is 0 Å². The number of hydrogen-bond acceptors (Lipinski definition) is 5. The highest BCUT2D eigenvalue weighted by atomic mass is 35.5. The van der Waals surface area contributed by atoms with E-state index in [0.29, 0.717) is 31.2 Å². The summed E-state index contributed by atoms with van der Waals surface area (Å²) in [6.07, 6.45) is 1.69. The molecule has 7 heteroatoms. The first-order chi connectivity index (χ1) is 12.4. The Morgan fingerprint density at radius 1 is 1.12 bits per heavy atom. The summed E-state index contributed by atoms with van der Waals surface area (Å²) in [5.41, 5.74) is 0.968. The predicted octanol–water partition coefficient (Wildman–Crippen LogP) is 3.89. The predicted molar refractivity (Wildman–Crippen MR) is 98.7 cm³/mol. The van der Waals surface area contributed by atoms with Gasteiger partial charge in [0.2, 0.25) is 5.91 Å². The molecule has 2 aromatic carbocycles. The highest BCUT2D eigenvalue weighted by Gasteiger charge is 2.22. The molecule has 1 amide bonds. The number of esters is 1. The van der Waals surface area contributed by atoms with Gasteiger partial charge in [-0.3, -0.25) is 4.79 Å². The monoisotopic (exact) mass is 377 g/mol. The van der Waals surface area contributed by atoms with Crippen LogP contribution < -0.4 is 5.32 Å². The van der Waals surface area contributed by atoms with Crippen molar-refractivity contribution in [2.45, 2.75) is 25.7 Å². The highest BCUT2D eigenvalue weighted by molar-refractivity contribution is 6.33. The smallest absolute Gasteiger partial charge is 0.341 e. The number of anilines is 1. The lowest BCUT2D eigenvalue weighted by Gasteiger charge is -2.13. The SMILES string of the molecule is COC(=O)c1c(O)cc(O)c(Cl)c1CCCCC(=O)Nc1ccccc1. The molecule has 2 rings (SSSR count). The number of carbonyl (C=O) groups excluding carboxylic acids is 2. The minimum absolute atomic E-state index is 0.00284. The van der Waals surface area contributed by atoms with E-state index in [2.05, 4.69) is 10.1 Å². The number of para-hydroxylation sites is 1. The van der Waals surface area contributed by atoms with Crippen molar-refractivity contribution >= 4 is 29.2 Å². The Hall–Kier alpha value is -2.73. The largest absolute Gasteiger partial charge is 0.507 e. The summed E-state index contributed by atoms with van der Waals surface area (Å²) in [5, 5.41) is 22.5. The zero-order valence-corrected chi connectivity index (χ0v) is 15.0. The van der Waals surface area contributed by atoms with Gasteiger partial charge in [0.15, 0.2) is 0 Å². The van der Waals surface area contributed by atoms with Crippen molar-refractivity contribution in [3.8, 4) is 11.5 Å². The third-order valence-electron chi connectivity index (χ3n) is 3.85. The lowest BCUT2D eigenvalue weighted by Crippen LogP contribution is -2.11. The van der Waals surface area contributed by atoms with Crippen molar-refractivity contribution in [2.24, 2.45) is 0 Å². The fourth-order valence-corrected chi connectivity index (χ4v) is 2.82. The van der Waals surface area contributed by atoms with Crippen molar-refractivity contribution in [3.05, 3.63) is 52.5 Å². The van der Waals surface area contributed by atoms with Crippen LogP contribution in [0.1, 0.15) is 35.2 Å². The minimum atomic E-state index is -0.735. The molecule has 0 aliphatic heterocycles. The van der Waals surface area contributed by atoms with E-state index in [9.17, 15) is 19.8 Å². The molecule has 0 bridgehead atoms. The zero-order chi connectivity index (χ0) is 19.1. The maximum absolute atomic E-state index is 11.9. The average molecular weight is 378 g/mol. The molecule has 0 saturated carbocycles. The second kappa shape index (κ2) is 9.10. The summed E-state index contributed by atoms with van der Waals surface area (Å²) in [7, 11) is 1.19. The number of rotatable bonds is 7. The van der Waals surface area contributed by atoms with E-state index in [-0.39, 0.29) is 22.2 Å². The molecule has 0 spiro atoms. The van der Waals surface area contributed by atoms with Crippen LogP contribution in [0.5, 0.6) is 11.5 Å². The summed E-state index contributed by atoms with van der Waals surface area (Å²) in [5.74, 6) is -1.56. The number of carbonyl (C=O) groups is 2. The Morgan fingerprint density at radius 2 is 1.81 bits per heavy atom. The average Bonchev–Trinajstić information content (AvgIpc) is 2.62. The Morgan fingerprint density at radius 3 is 2.46 bits per heavy atom. The third-order valence-corrected chi connectivity index (χ3v) is 4.27.